The summed E-state index contributed by atoms with van der Waals surface area (Å²) in [5, 5.41) is 0. The number of halogens is 4. The second kappa shape index (κ2) is 6.15. The molecule has 2 nitrogen and oxygen atoms in total. The minimum atomic E-state index is -4.41. The Hall–Kier alpha value is -1.14. The van der Waals surface area contributed by atoms with Gasteiger partial charge in [-0.2, -0.15) is 13.2 Å². The topological polar surface area (TPSA) is 35.2 Å². The van der Waals surface area contributed by atoms with Gasteiger partial charge < -0.3 is 10.5 Å². The highest BCUT2D eigenvalue weighted by molar-refractivity contribution is 5.20. The van der Waals surface area contributed by atoms with Crippen LogP contribution in [0.4, 0.5) is 17.6 Å². The summed E-state index contributed by atoms with van der Waals surface area (Å²) in [5.41, 5.74) is 6.17. The molecule has 18 heavy (non-hydrogen) atoms. The zero-order valence-electron chi connectivity index (χ0n) is 9.88. The molecule has 1 rings (SSSR count). The molecular formula is C12H15F4NO. The average molecular weight is 265 g/mol. The van der Waals surface area contributed by atoms with Crippen LogP contribution in [-0.4, -0.2) is 18.8 Å². The predicted octanol–water partition coefficient (Wildman–Crippen LogP) is 3.18. The molecule has 0 heterocycles. The Morgan fingerprint density at radius 1 is 1.22 bits per heavy atom. The zero-order chi connectivity index (χ0) is 13.8. The van der Waals surface area contributed by atoms with Crippen LogP contribution in [0.2, 0.25) is 0 Å². The molecule has 6 heteroatoms. The highest BCUT2D eigenvalue weighted by Gasteiger charge is 2.31. The lowest BCUT2D eigenvalue weighted by molar-refractivity contribution is -0.188. The van der Waals surface area contributed by atoms with E-state index < -0.39 is 30.7 Å². The van der Waals surface area contributed by atoms with E-state index >= 15 is 0 Å². The van der Waals surface area contributed by atoms with Crippen molar-refractivity contribution in [3.05, 3.63) is 35.6 Å². The Bertz CT molecular complexity index is 363. The van der Waals surface area contributed by atoms with Crippen molar-refractivity contribution >= 4 is 0 Å². The summed E-state index contributed by atoms with van der Waals surface area (Å²) in [7, 11) is 0. The molecule has 102 valence electrons. The van der Waals surface area contributed by atoms with Gasteiger partial charge in [-0.05, 0) is 24.1 Å². The molecule has 0 fully saturated rings. The molecule has 0 radical (unpaired) electrons. The molecule has 0 aliphatic rings. The van der Waals surface area contributed by atoms with Crippen molar-refractivity contribution in [3.8, 4) is 0 Å². The van der Waals surface area contributed by atoms with E-state index in [2.05, 4.69) is 0 Å². The van der Waals surface area contributed by atoms with Gasteiger partial charge in [-0.1, -0.05) is 19.1 Å². The lowest BCUT2D eigenvalue weighted by atomic mass is 10.0. The number of rotatable bonds is 5. The van der Waals surface area contributed by atoms with Gasteiger partial charge in [0.05, 0.1) is 6.10 Å². The van der Waals surface area contributed by atoms with E-state index in [1.54, 1.807) is 6.92 Å². The number of hydrogen-bond acceptors (Lipinski definition) is 2. The monoisotopic (exact) mass is 265 g/mol. The molecule has 0 bridgehead atoms. The summed E-state index contributed by atoms with van der Waals surface area (Å²) in [6.45, 7) is 0.376. The number of alkyl halides is 3. The van der Waals surface area contributed by atoms with Crippen LogP contribution in [0.15, 0.2) is 24.3 Å². The van der Waals surface area contributed by atoms with Gasteiger partial charge in [0.2, 0.25) is 0 Å². The van der Waals surface area contributed by atoms with Crippen LogP contribution in [0.5, 0.6) is 0 Å². The highest BCUT2D eigenvalue weighted by Crippen LogP contribution is 2.25. The molecular weight excluding hydrogens is 250 g/mol. The first-order valence-electron chi connectivity index (χ1n) is 5.53. The molecule has 1 aromatic rings. The third-order valence-electron chi connectivity index (χ3n) is 2.49. The Balaban J connectivity index is 2.81. The van der Waals surface area contributed by atoms with Crippen LogP contribution in [0.1, 0.15) is 25.0 Å². The molecule has 2 unspecified atom stereocenters. The van der Waals surface area contributed by atoms with Crippen molar-refractivity contribution in [2.75, 3.05) is 6.61 Å². The van der Waals surface area contributed by atoms with E-state index in [1.807, 2.05) is 0 Å². The second-order valence-electron chi connectivity index (χ2n) is 3.97. The maximum absolute atomic E-state index is 12.8. The van der Waals surface area contributed by atoms with E-state index in [-0.39, 0.29) is 0 Å². The van der Waals surface area contributed by atoms with Crippen LogP contribution in [0, 0.1) is 5.82 Å². The van der Waals surface area contributed by atoms with E-state index in [0.29, 0.717) is 12.0 Å². The van der Waals surface area contributed by atoms with Crippen LogP contribution in [0.25, 0.3) is 0 Å². The van der Waals surface area contributed by atoms with Gasteiger partial charge in [-0.25, -0.2) is 4.39 Å². The Kier molecular flexibility index (Phi) is 5.10. The normalized spacial score (nSPS) is 15.4. The Labute approximate surface area is 103 Å². The number of hydrogen-bond donors (Lipinski definition) is 1. The first-order valence-corrected chi connectivity index (χ1v) is 5.53. The summed E-state index contributed by atoms with van der Waals surface area (Å²) >= 11 is 0. The molecule has 0 saturated carbocycles. The standard InChI is InChI=1S/C12H15F4NO/c1-2-10(17)11(18-7-12(14,15)16)8-3-5-9(13)6-4-8/h3-6,10-11H,2,7,17H2,1H3. The van der Waals surface area contributed by atoms with Crippen molar-refractivity contribution < 1.29 is 22.3 Å². The maximum atomic E-state index is 12.8. The van der Waals surface area contributed by atoms with Crippen LogP contribution < -0.4 is 5.73 Å². The zero-order valence-corrected chi connectivity index (χ0v) is 9.88. The summed E-state index contributed by atoms with van der Waals surface area (Å²) < 4.78 is 54.0. The van der Waals surface area contributed by atoms with Crippen molar-refractivity contribution in [2.45, 2.75) is 31.7 Å². The molecule has 0 amide bonds. The van der Waals surface area contributed by atoms with Crippen LogP contribution >= 0.6 is 0 Å². The lowest BCUT2D eigenvalue weighted by Gasteiger charge is -2.24. The highest BCUT2D eigenvalue weighted by atomic mass is 19.4. The first-order chi connectivity index (χ1) is 8.33. The molecule has 1 aromatic carbocycles. The second-order valence-corrected chi connectivity index (χ2v) is 3.97. The van der Waals surface area contributed by atoms with E-state index in [1.165, 1.54) is 24.3 Å². The Morgan fingerprint density at radius 3 is 2.22 bits per heavy atom. The van der Waals surface area contributed by atoms with Gasteiger partial charge in [0.15, 0.2) is 0 Å². The van der Waals surface area contributed by atoms with Crippen LogP contribution in [0.3, 0.4) is 0 Å². The van der Waals surface area contributed by atoms with Crippen molar-refractivity contribution in [1.82, 2.24) is 0 Å². The number of ether oxygens (including phenoxy) is 1. The van der Waals surface area contributed by atoms with E-state index in [9.17, 15) is 17.6 Å². The van der Waals surface area contributed by atoms with Gasteiger partial charge in [0, 0.05) is 6.04 Å². The molecule has 0 aromatic heterocycles. The number of benzene rings is 1. The first kappa shape index (κ1) is 14.9. The van der Waals surface area contributed by atoms with Gasteiger partial charge >= 0.3 is 6.18 Å². The predicted molar refractivity (Wildman–Crippen MR) is 59.4 cm³/mol. The summed E-state index contributed by atoms with van der Waals surface area (Å²) in [6.07, 6.45) is -4.84. The van der Waals surface area contributed by atoms with Crippen molar-refractivity contribution in [2.24, 2.45) is 5.73 Å². The smallest absolute Gasteiger partial charge is 0.362 e. The maximum Gasteiger partial charge on any atom is 0.411 e. The number of nitrogens with two attached hydrogens (primary N) is 1. The third kappa shape index (κ3) is 4.62. The quantitative estimate of drug-likeness (QED) is 0.830. The fraction of sp³-hybridized carbons (Fsp3) is 0.500. The van der Waals surface area contributed by atoms with Gasteiger partial charge in [0.25, 0.3) is 0 Å². The van der Waals surface area contributed by atoms with Gasteiger partial charge in [0.1, 0.15) is 12.4 Å². The fourth-order valence-corrected chi connectivity index (χ4v) is 1.52. The molecule has 0 aliphatic carbocycles. The largest absolute Gasteiger partial charge is 0.411 e. The molecule has 0 spiro atoms. The molecule has 2 N–H and O–H groups in total. The van der Waals surface area contributed by atoms with Crippen molar-refractivity contribution in [1.29, 1.82) is 0 Å². The fourth-order valence-electron chi connectivity index (χ4n) is 1.52. The van der Waals surface area contributed by atoms with Gasteiger partial charge in [-0.15, -0.1) is 0 Å². The van der Waals surface area contributed by atoms with Crippen LogP contribution in [-0.2, 0) is 4.74 Å². The summed E-state index contributed by atoms with van der Waals surface area (Å²) in [6, 6.07) is 4.53. The van der Waals surface area contributed by atoms with E-state index in [0.717, 1.165) is 0 Å². The minimum absolute atomic E-state index is 0.440. The average Bonchev–Trinajstić information content (AvgIpc) is 2.29. The molecule has 0 aliphatic heterocycles. The minimum Gasteiger partial charge on any atom is -0.362 e. The third-order valence-corrected chi connectivity index (χ3v) is 2.49. The summed E-state index contributed by atoms with van der Waals surface area (Å²) in [4.78, 5) is 0. The summed E-state index contributed by atoms with van der Waals surface area (Å²) in [5.74, 6) is -0.460. The van der Waals surface area contributed by atoms with Crippen molar-refractivity contribution in [3.63, 3.8) is 0 Å². The SMILES string of the molecule is CCC(N)C(OCC(F)(F)F)c1ccc(F)cc1. The van der Waals surface area contributed by atoms with E-state index in [4.69, 9.17) is 10.5 Å². The lowest BCUT2D eigenvalue weighted by Crippen LogP contribution is -2.32. The molecule has 2 atom stereocenters. The molecule has 0 saturated heterocycles. The van der Waals surface area contributed by atoms with Gasteiger partial charge in [-0.3, -0.25) is 0 Å². The Morgan fingerprint density at radius 2 is 1.78 bits per heavy atom.